The summed E-state index contributed by atoms with van der Waals surface area (Å²) >= 11 is 11.8. The Kier molecular flexibility index (Phi) is 5.09. The van der Waals surface area contributed by atoms with Gasteiger partial charge in [0.15, 0.2) is 6.61 Å². The molecule has 0 aliphatic heterocycles. The normalized spacial score (nSPS) is 10.5. The van der Waals surface area contributed by atoms with Gasteiger partial charge in [0.2, 0.25) is 0 Å². The summed E-state index contributed by atoms with van der Waals surface area (Å²) in [7, 11) is 3.47. The van der Waals surface area contributed by atoms with Crippen molar-refractivity contribution in [1.82, 2.24) is 14.7 Å². The number of aromatic nitrogens is 2. The van der Waals surface area contributed by atoms with E-state index in [9.17, 15) is 4.79 Å². The molecule has 0 spiro atoms. The van der Waals surface area contributed by atoms with Crippen molar-refractivity contribution in [2.45, 2.75) is 6.54 Å². The Morgan fingerprint density at radius 3 is 2.57 bits per heavy atom. The number of hydrogen-bond donors (Lipinski definition) is 0. The molecule has 0 saturated heterocycles. The maximum absolute atomic E-state index is 12.0. The van der Waals surface area contributed by atoms with E-state index in [0.29, 0.717) is 22.3 Å². The van der Waals surface area contributed by atoms with Crippen LogP contribution in [0, 0.1) is 0 Å². The largest absolute Gasteiger partial charge is 0.484 e. The molecule has 0 atom stereocenters. The first-order valence-electron chi connectivity index (χ1n) is 6.26. The predicted octanol–water partition coefficient (Wildman–Crippen LogP) is 2.76. The average Bonchev–Trinajstić information content (AvgIpc) is 2.78. The lowest BCUT2D eigenvalue weighted by Crippen LogP contribution is -2.31. The lowest BCUT2D eigenvalue weighted by molar-refractivity contribution is -0.132. The van der Waals surface area contributed by atoms with Crippen molar-refractivity contribution < 1.29 is 9.53 Å². The number of aryl methyl sites for hydroxylation is 1. The van der Waals surface area contributed by atoms with Crippen LogP contribution in [0.5, 0.6) is 5.75 Å². The van der Waals surface area contributed by atoms with E-state index in [1.807, 2.05) is 0 Å². The number of ether oxygens (including phenoxy) is 1. The molecule has 1 amide bonds. The smallest absolute Gasteiger partial charge is 0.260 e. The van der Waals surface area contributed by atoms with E-state index in [2.05, 4.69) is 5.10 Å². The molecule has 1 aromatic carbocycles. The first-order valence-corrected chi connectivity index (χ1v) is 7.01. The molecule has 5 nitrogen and oxygen atoms in total. The number of hydrogen-bond acceptors (Lipinski definition) is 3. The number of likely N-dealkylation sites (N-methyl/N-ethyl adjacent to an activating group) is 1. The number of rotatable bonds is 5. The van der Waals surface area contributed by atoms with E-state index in [1.54, 1.807) is 54.1 Å². The van der Waals surface area contributed by atoms with Crippen LogP contribution in [-0.4, -0.2) is 34.2 Å². The van der Waals surface area contributed by atoms with Crippen LogP contribution in [0.1, 0.15) is 5.69 Å². The number of halogens is 2. The van der Waals surface area contributed by atoms with Crippen LogP contribution in [0.4, 0.5) is 0 Å². The molecule has 0 aliphatic rings. The van der Waals surface area contributed by atoms with Gasteiger partial charge < -0.3 is 9.64 Å². The zero-order valence-corrected chi connectivity index (χ0v) is 13.2. The molecule has 1 aromatic heterocycles. The second-order valence-electron chi connectivity index (χ2n) is 4.56. The van der Waals surface area contributed by atoms with E-state index in [4.69, 9.17) is 27.9 Å². The van der Waals surface area contributed by atoms with Gasteiger partial charge in [-0.2, -0.15) is 5.10 Å². The van der Waals surface area contributed by atoms with Gasteiger partial charge in [0.05, 0.1) is 23.5 Å². The van der Waals surface area contributed by atoms with E-state index in [0.717, 1.165) is 5.69 Å². The van der Waals surface area contributed by atoms with Crippen LogP contribution in [0.2, 0.25) is 10.0 Å². The minimum absolute atomic E-state index is 0.0480. The third kappa shape index (κ3) is 4.12. The average molecular weight is 328 g/mol. The van der Waals surface area contributed by atoms with Gasteiger partial charge in [0.1, 0.15) is 5.75 Å². The van der Waals surface area contributed by atoms with Crippen molar-refractivity contribution in [1.29, 1.82) is 0 Å². The van der Waals surface area contributed by atoms with E-state index >= 15 is 0 Å². The molecule has 21 heavy (non-hydrogen) atoms. The summed E-state index contributed by atoms with van der Waals surface area (Å²) in [5.74, 6) is 0.446. The highest BCUT2D eigenvalue weighted by Crippen LogP contribution is 2.17. The van der Waals surface area contributed by atoms with Gasteiger partial charge in [0.25, 0.3) is 5.91 Å². The highest BCUT2D eigenvalue weighted by Gasteiger charge is 2.14. The number of carbonyl (C=O) groups excluding carboxylic acids is 1. The fraction of sp³-hybridized carbons (Fsp3) is 0.286. The van der Waals surface area contributed by atoms with Gasteiger partial charge >= 0.3 is 0 Å². The van der Waals surface area contributed by atoms with Crippen LogP contribution < -0.4 is 4.74 Å². The second kappa shape index (κ2) is 6.83. The Balaban J connectivity index is 1.89. The van der Waals surface area contributed by atoms with Crippen molar-refractivity contribution in [3.63, 3.8) is 0 Å². The molecule has 1 heterocycles. The van der Waals surface area contributed by atoms with Crippen LogP contribution >= 0.6 is 23.2 Å². The number of amides is 1. The Hall–Kier alpha value is -1.72. The van der Waals surface area contributed by atoms with Crippen LogP contribution in [0.25, 0.3) is 0 Å². The van der Waals surface area contributed by atoms with Crippen molar-refractivity contribution in [2.24, 2.45) is 7.05 Å². The Morgan fingerprint density at radius 1 is 1.33 bits per heavy atom. The standard InChI is InChI=1S/C14H15Cl2N3O2/c1-18(8-13-12(16)7-17-19(13)2)14(20)9-21-11-5-3-10(15)4-6-11/h3-7H,8-9H2,1-2H3. The Labute approximate surface area is 133 Å². The zero-order chi connectivity index (χ0) is 15.4. The molecule has 0 unspecified atom stereocenters. The molecule has 0 radical (unpaired) electrons. The van der Waals surface area contributed by atoms with Crippen molar-refractivity contribution in [3.05, 3.63) is 46.2 Å². The van der Waals surface area contributed by atoms with Crippen LogP contribution in [0.15, 0.2) is 30.5 Å². The summed E-state index contributed by atoms with van der Waals surface area (Å²) in [4.78, 5) is 13.6. The van der Waals surface area contributed by atoms with E-state index < -0.39 is 0 Å². The number of nitrogens with zero attached hydrogens (tertiary/aromatic N) is 3. The molecule has 112 valence electrons. The molecule has 0 aliphatic carbocycles. The summed E-state index contributed by atoms with van der Waals surface area (Å²) in [5, 5.41) is 5.19. The Bertz CT molecular complexity index is 606. The SMILES string of the molecule is CN(Cc1c(Cl)cnn1C)C(=O)COc1ccc(Cl)cc1. The first-order chi connectivity index (χ1) is 9.97. The summed E-state index contributed by atoms with van der Waals surface area (Å²) in [6.45, 7) is 0.325. The molecule has 0 N–H and O–H groups in total. The van der Waals surface area contributed by atoms with Gasteiger partial charge in [-0.25, -0.2) is 0 Å². The minimum atomic E-state index is -0.151. The van der Waals surface area contributed by atoms with Crippen LogP contribution in [-0.2, 0) is 18.4 Å². The molecular formula is C14H15Cl2N3O2. The molecule has 2 aromatic rings. The third-order valence-electron chi connectivity index (χ3n) is 3.00. The molecule has 0 bridgehead atoms. The minimum Gasteiger partial charge on any atom is -0.484 e. The fourth-order valence-electron chi connectivity index (χ4n) is 1.71. The zero-order valence-electron chi connectivity index (χ0n) is 11.7. The van der Waals surface area contributed by atoms with Crippen molar-refractivity contribution >= 4 is 29.1 Å². The second-order valence-corrected chi connectivity index (χ2v) is 5.40. The third-order valence-corrected chi connectivity index (χ3v) is 3.57. The predicted molar refractivity (Wildman–Crippen MR) is 81.6 cm³/mol. The summed E-state index contributed by atoms with van der Waals surface area (Å²) in [5.41, 5.74) is 0.777. The van der Waals surface area contributed by atoms with Gasteiger partial charge in [-0.05, 0) is 24.3 Å². The highest BCUT2D eigenvalue weighted by molar-refractivity contribution is 6.31. The van der Waals surface area contributed by atoms with Crippen LogP contribution in [0.3, 0.4) is 0 Å². The van der Waals surface area contributed by atoms with Crippen molar-refractivity contribution in [2.75, 3.05) is 13.7 Å². The topological polar surface area (TPSA) is 47.4 Å². The van der Waals surface area contributed by atoms with E-state index in [-0.39, 0.29) is 12.5 Å². The lowest BCUT2D eigenvalue weighted by Gasteiger charge is -2.17. The molecule has 0 saturated carbocycles. The highest BCUT2D eigenvalue weighted by atomic mass is 35.5. The molecule has 0 fully saturated rings. The summed E-state index contributed by atoms with van der Waals surface area (Å²) in [6, 6.07) is 6.85. The number of carbonyl (C=O) groups is 1. The van der Waals surface area contributed by atoms with Gasteiger partial charge in [-0.3, -0.25) is 9.48 Å². The van der Waals surface area contributed by atoms with Gasteiger partial charge in [-0.15, -0.1) is 0 Å². The molecule has 7 heteroatoms. The Morgan fingerprint density at radius 2 is 2.00 bits per heavy atom. The van der Waals surface area contributed by atoms with Gasteiger partial charge in [0, 0.05) is 19.1 Å². The quantitative estimate of drug-likeness (QED) is 0.848. The molecule has 2 rings (SSSR count). The first kappa shape index (κ1) is 15.7. The summed E-state index contributed by atoms with van der Waals surface area (Å²) in [6.07, 6.45) is 1.55. The summed E-state index contributed by atoms with van der Waals surface area (Å²) < 4.78 is 7.06. The fourth-order valence-corrected chi connectivity index (χ4v) is 2.06. The van der Waals surface area contributed by atoms with E-state index in [1.165, 1.54) is 0 Å². The van der Waals surface area contributed by atoms with Gasteiger partial charge in [-0.1, -0.05) is 23.2 Å². The monoisotopic (exact) mass is 327 g/mol. The number of benzene rings is 1. The maximum atomic E-state index is 12.0. The molecular weight excluding hydrogens is 313 g/mol. The van der Waals surface area contributed by atoms with Crippen molar-refractivity contribution in [3.8, 4) is 5.75 Å². The maximum Gasteiger partial charge on any atom is 0.260 e. The lowest BCUT2D eigenvalue weighted by atomic mass is 10.3.